The molecule has 0 heterocycles. The summed E-state index contributed by atoms with van der Waals surface area (Å²) in [5.41, 5.74) is 2.50. The Balaban J connectivity index is 2.11. The number of methoxy groups -OCH3 is 2. The lowest BCUT2D eigenvalue weighted by Crippen LogP contribution is -2.24. The summed E-state index contributed by atoms with van der Waals surface area (Å²) < 4.78 is 10.6. The molecule has 0 fully saturated rings. The van der Waals surface area contributed by atoms with E-state index in [0.717, 1.165) is 24.6 Å². The molecule has 0 unspecified atom stereocenters. The van der Waals surface area contributed by atoms with E-state index in [1.807, 2.05) is 18.2 Å². The molecule has 2 rings (SSSR count). The highest BCUT2D eigenvalue weighted by molar-refractivity contribution is 5.51. The summed E-state index contributed by atoms with van der Waals surface area (Å²) in [6, 6.07) is 16.6. The Bertz CT molecular complexity index is 595. The maximum atomic E-state index is 5.39. The molecule has 0 atom stereocenters. The monoisotopic (exact) mass is 327 g/mol. The minimum atomic E-state index is 0.892. The van der Waals surface area contributed by atoms with E-state index >= 15 is 0 Å². The van der Waals surface area contributed by atoms with Crippen molar-refractivity contribution in [2.24, 2.45) is 0 Å². The number of anilines is 1. The topological polar surface area (TPSA) is 21.7 Å². The second-order valence-corrected chi connectivity index (χ2v) is 6.03. The highest BCUT2D eigenvalue weighted by atomic mass is 16.5. The van der Waals surface area contributed by atoms with Crippen LogP contribution >= 0.6 is 0 Å². The summed E-state index contributed by atoms with van der Waals surface area (Å²) in [7, 11) is 3.42. The van der Waals surface area contributed by atoms with Gasteiger partial charge in [-0.3, -0.25) is 0 Å². The fourth-order valence-electron chi connectivity index (χ4n) is 2.79. The minimum absolute atomic E-state index is 0.892. The quantitative estimate of drug-likeness (QED) is 0.553. The van der Waals surface area contributed by atoms with Crippen LogP contribution < -0.4 is 14.4 Å². The lowest BCUT2D eigenvalue weighted by Gasteiger charge is -2.25. The van der Waals surface area contributed by atoms with Gasteiger partial charge in [0.15, 0.2) is 0 Å². The molecular weight excluding hydrogens is 298 g/mol. The van der Waals surface area contributed by atoms with Crippen LogP contribution in [0.5, 0.6) is 11.5 Å². The Morgan fingerprint density at radius 2 is 1.58 bits per heavy atom. The number of unbranched alkanes of at least 4 members (excludes halogenated alkanes) is 3. The summed E-state index contributed by atoms with van der Waals surface area (Å²) in [6.45, 7) is 4.19. The summed E-state index contributed by atoms with van der Waals surface area (Å²) in [4.78, 5) is 2.43. The van der Waals surface area contributed by atoms with E-state index in [1.165, 1.54) is 36.9 Å². The van der Waals surface area contributed by atoms with E-state index < -0.39 is 0 Å². The molecule has 0 N–H and O–H groups in total. The van der Waals surface area contributed by atoms with E-state index in [9.17, 15) is 0 Å². The highest BCUT2D eigenvalue weighted by Crippen LogP contribution is 2.24. The molecule has 0 aliphatic heterocycles. The van der Waals surface area contributed by atoms with Crippen LogP contribution in [0.1, 0.15) is 38.2 Å². The lowest BCUT2D eigenvalue weighted by atomic mass is 10.1. The van der Waals surface area contributed by atoms with E-state index in [0.29, 0.717) is 0 Å². The van der Waals surface area contributed by atoms with Gasteiger partial charge in [0, 0.05) is 24.8 Å². The number of rotatable bonds is 10. The van der Waals surface area contributed by atoms with E-state index in [1.54, 1.807) is 14.2 Å². The molecule has 0 aliphatic carbocycles. The van der Waals surface area contributed by atoms with Gasteiger partial charge in [0.2, 0.25) is 0 Å². The second-order valence-electron chi connectivity index (χ2n) is 6.03. The summed E-state index contributed by atoms with van der Waals surface area (Å²) in [5.74, 6) is 1.80. The van der Waals surface area contributed by atoms with Crippen molar-refractivity contribution in [2.75, 3.05) is 25.7 Å². The molecule has 0 saturated carbocycles. The Kier molecular flexibility index (Phi) is 7.47. The van der Waals surface area contributed by atoms with Crippen molar-refractivity contribution < 1.29 is 9.47 Å². The van der Waals surface area contributed by atoms with Crippen LogP contribution in [0.2, 0.25) is 0 Å². The van der Waals surface area contributed by atoms with Crippen molar-refractivity contribution in [1.82, 2.24) is 0 Å². The SMILES string of the molecule is CCCCCCN(Cc1ccc(OC)cc1)c1cccc(OC)c1. The zero-order valence-electron chi connectivity index (χ0n) is 15.1. The van der Waals surface area contributed by atoms with Gasteiger partial charge in [-0.2, -0.15) is 0 Å². The van der Waals surface area contributed by atoms with Crippen molar-refractivity contribution >= 4 is 5.69 Å². The largest absolute Gasteiger partial charge is 0.497 e. The van der Waals surface area contributed by atoms with Crippen molar-refractivity contribution in [2.45, 2.75) is 39.2 Å². The van der Waals surface area contributed by atoms with Gasteiger partial charge in [-0.1, -0.05) is 44.4 Å². The van der Waals surface area contributed by atoms with Crippen LogP contribution in [0, 0.1) is 0 Å². The molecule has 0 aliphatic rings. The van der Waals surface area contributed by atoms with Gasteiger partial charge in [0.25, 0.3) is 0 Å². The zero-order chi connectivity index (χ0) is 17.2. The highest BCUT2D eigenvalue weighted by Gasteiger charge is 2.09. The molecule has 24 heavy (non-hydrogen) atoms. The minimum Gasteiger partial charge on any atom is -0.497 e. The smallest absolute Gasteiger partial charge is 0.120 e. The number of benzene rings is 2. The molecule has 0 bridgehead atoms. The summed E-state index contributed by atoms with van der Waals surface area (Å²) >= 11 is 0. The van der Waals surface area contributed by atoms with Crippen LogP contribution in [0.15, 0.2) is 48.5 Å². The summed E-state index contributed by atoms with van der Waals surface area (Å²) in [5, 5.41) is 0. The third-order valence-corrected chi connectivity index (χ3v) is 4.23. The van der Waals surface area contributed by atoms with Crippen molar-refractivity contribution in [3.05, 3.63) is 54.1 Å². The second kappa shape index (κ2) is 9.86. The Hall–Kier alpha value is -2.16. The Morgan fingerprint density at radius 1 is 0.833 bits per heavy atom. The molecular formula is C21H29NO2. The molecule has 3 heteroatoms. The number of nitrogens with zero attached hydrogens (tertiary/aromatic N) is 1. The average molecular weight is 327 g/mol. The van der Waals surface area contributed by atoms with Gasteiger partial charge >= 0.3 is 0 Å². The number of hydrogen-bond acceptors (Lipinski definition) is 3. The normalized spacial score (nSPS) is 10.5. The van der Waals surface area contributed by atoms with Crippen LogP contribution in [-0.2, 0) is 6.54 Å². The molecule has 130 valence electrons. The third kappa shape index (κ3) is 5.48. The Labute approximate surface area is 146 Å². The van der Waals surface area contributed by atoms with E-state index in [4.69, 9.17) is 9.47 Å². The first-order valence-electron chi connectivity index (χ1n) is 8.78. The van der Waals surface area contributed by atoms with Crippen LogP contribution in [0.25, 0.3) is 0 Å². The standard InChI is InChI=1S/C21H29NO2/c1-4-5-6-7-15-22(19-9-8-10-21(16-19)24-3)17-18-11-13-20(23-2)14-12-18/h8-14,16H,4-7,15,17H2,1-3H3. The molecule has 3 nitrogen and oxygen atoms in total. The number of ether oxygens (including phenoxy) is 2. The number of hydrogen-bond donors (Lipinski definition) is 0. The molecule has 2 aromatic rings. The van der Waals surface area contributed by atoms with Crippen LogP contribution in [-0.4, -0.2) is 20.8 Å². The van der Waals surface area contributed by atoms with Gasteiger partial charge in [0.1, 0.15) is 11.5 Å². The van der Waals surface area contributed by atoms with E-state index in [-0.39, 0.29) is 0 Å². The molecule has 0 radical (unpaired) electrons. The fraction of sp³-hybridized carbons (Fsp3) is 0.429. The van der Waals surface area contributed by atoms with Gasteiger partial charge in [-0.15, -0.1) is 0 Å². The molecule has 0 spiro atoms. The van der Waals surface area contributed by atoms with Crippen LogP contribution in [0.3, 0.4) is 0 Å². The van der Waals surface area contributed by atoms with Crippen molar-refractivity contribution in [1.29, 1.82) is 0 Å². The Morgan fingerprint density at radius 3 is 2.25 bits per heavy atom. The molecule has 2 aromatic carbocycles. The van der Waals surface area contributed by atoms with Gasteiger partial charge < -0.3 is 14.4 Å². The lowest BCUT2D eigenvalue weighted by molar-refractivity contribution is 0.414. The van der Waals surface area contributed by atoms with Gasteiger partial charge in [-0.05, 0) is 36.2 Å². The van der Waals surface area contributed by atoms with Gasteiger partial charge in [0.05, 0.1) is 14.2 Å². The molecule has 0 saturated heterocycles. The predicted molar refractivity (Wildman–Crippen MR) is 101 cm³/mol. The average Bonchev–Trinajstić information content (AvgIpc) is 2.64. The first-order chi connectivity index (χ1) is 11.8. The maximum Gasteiger partial charge on any atom is 0.120 e. The van der Waals surface area contributed by atoms with Crippen molar-refractivity contribution in [3.63, 3.8) is 0 Å². The first kappa shape index (κ1) is 18.2. The zero-order valence-corrected chi connectivity index (χ0v) is 15.1. The maximum absolute atomic E-state index is 5.39. The summed E-state index contributed by atoms with van der Waals surface area (Å²) in [6.07, 6.45) is 5.05. The first-order valence-corrected chi connectivity index (χ1v) is 8.78. The van der Waals surface area contributed by atoms with Gasteiger partial charge in [-0.25, -0.2) is 0 Å². The van der Waals surface area contributed by atoms with Crippen molar-refractivity contribution in [3.8, 4) is 11.5 Å². The van der Waals surface area contributed by atoms with E-state index in [2.05, 4.69) is 42.2 Å². The predicted octanol–water partition coefficient (Wildman–Crippen LogP) is 5.29. The third-order valence-electron chi connectivity index (χ3n) is 4.23. The van der Waals surface area contributed by atoms with Crippen LogP contribution in [0.4, 0.5) is 5.69 Å². The fourth-order valence-corrected chi connectivity index (χ4v) is 2.79. The molecule has 0 amide bonds. The molecule has 0 aromatic heterocycles.